The molecular weight excluding hydrogens is 246 g/mol. The Kier molecular flexibility index (Phi) is 6.73. The molecule has 0 radical (unpaired) electrons. The van der Waals surface area contributed by atoms with Crippen molar-refractivity contribution in [1.82, 2.24) is 20.4 Å². The molecule has 0 aliphatic carbocycles. The van der Waals surface area contributed by atoms with Gasteiger partial charge in [-0.15, -0.1) is 0 Å². The first-order chi connectivity index (χ1) is 9.22. The van der Waals surface area contributed by atoms with E-state index in [1.807, 2.05) is 20.2 Å². The van der Waals surface area contributed by atoms with Crippen molar-refractivity contribution >= 4 is 12.4 Å². The molecule has 0 aromatic heterocycles. The lowest BCUT2D eigenvalue weighted by Gasteiger charge is -2.35. The highest BCUT2D eigenvalue weighted by Crippen LogP contribution is 2.11. The molecule has 1 aliphatic heterocycles. The molecule has 7 nitrogen and oxygen atoms in total. The SMILES string of the molecule is CN/C=N\C(=C/CNC)N1CCN(C(=O)OC)CC1. The van der Waals surface area contributed by atoms with Crippen LogP contribution in [0.3, 0.4) is 0 Å². The van der Waals surface area contributed by atoms with Gasteiger partial charge in [-0.25, -0.2) is 9.79 Å². The van der Waals surface area contributed by atoms with Crippen LogP contribution in [0.1, 0.15) is 0 Å². The van der Waals surface area contributed by atoms with Crippen molar-refractivity contribution < 1.29 is 9.53 Å². The van der Waals surface area contributed by atoms with E-state index in [1.54, 1.807) is 11.2 Å². The molecule has 108 valence electrons. The number of carbonyl (C=O) groups is 1. The standard InChI is InChI=1S/C12H23N5O2/c1-13-5-4-11(15-10-14-2)16-6-8-17(9-7-16)12(18)19-3/h4,10,13H,5-9H2,1-3H3,(H,14,15)/b11-4+. The van der Waals surface area contributed by atoms with Crippen molar-refractivity contribution in [2.45, 2.75) is 0 Å². The van der Waals surface area contributed by atoms with Gasteiger partial charge in [0.1, 0.15) is 5.82 Å². The van der Waals surface area contributed by atoms with Crippen LogP contribution in [0.2, 0.25) is 0 Å². The second kappa shape index (κ2) is 8.36. The van der Waals surface area contributed by atoms with Gasteiger partial charge >= 0.3 is 6.09 Å². The molecular formula is C12H23N5O2. The molecule has 1 rings (SSSR count). The van der Waals surface area contributed by atoms with Crippen molar-refractivity contribution in [3.8, 4) is 0 Å². The van der Waals surface area contributed by atoms with E-state index in [9.17, 15) is 4.79 Å². The van der Waals surface area contributed by atoms with Crippen LogP contribution in [0.15, 0.2) is 16.9 Å². The van der Waals surface area contributed by atoms with Gasteiger partial charge in [0, 0.05) is 39.8 Å². The number of amides is 1. The first-order valence-electron chi connectivity index (χ1n) is 6.35. The minimum absolute atomic E-state index is 0.265. The lowest BCUT2D eigenvalue weighted by molar-refractivity contribution is 0.0994. The summed E-state index contributed by atoms with van der Waals surface area (Å²) < 4.78 is 4.72. The second-order valence-corrected chi connectivity index (χ2v) is 4.11. The first kappa shape index (κ1) is 15.3. The third-order valence-corrected chi connectivity index (χ3v) is 2.85. The normalized spacial score (nSPS) is 16.9. The van der Waals surface area contributed by atoms with Crippen molar-refractivity contribution in [3.05, 3.63) is 11.9 Å². The van der Waals surface area contributed by atoms with Gasteiger partial charge < -0.3 is 25.2 Å². The number of methoxy groups -OCH3 is 1. The molecule has 1 amide bonds. The maximum atomic E-state index is 11.4. The number of hydrogen-bond donors (Lipinski definition) is 2. The maximum Gasteiger partial charge on any atom is 0.409 e. The molecule has 19 heavy (non-hydrogen) atoms. The molecule has 1 heterocycles. The lowest BCUT2D eigenvalue weighted by atomic mass is 10.3. The molecule has 0 unspecified atom stereocenters. The Morgan fingerprint density at radius 1 is 1.26 bits per heavy atom. The third-order valence-electron chi connectivity index (χ3n) is 2.85. The number of rotatable bonds is 5. The molecule has 1 saturated heterocycles. The topological polar surface area (TPSA) is 69.2 Å². The number of hydrogen-bond acceptors (Lipinski definition) is 5. The van der Waals surface area contributed by atoms with Gasteiger partial charge in [0.05, 0.1) is 13.4 Å². The van der Waals surface area contributed by atoms with E-state index in [0.29, 0.717) is 13.1 Å². The summed E-state index contributed by atoms with van der Waals surface area (Å²) >= 11 is 0. The predicted molar refractivity (Wildman–Crippen MR) is 75.1 cm³/mol. The molecule has 0 saturated carbocycles. The second-order valence-electron chi connectivity index (χ2n) is 4.11. The number of ether oxygens (including phenoxy) is 1. The number of piperazine rings is 1. The fourth-order valence-electron chi connectivity index (χ4n) is 1.83. The molecule has 7 heteroatoms. The molecule has 0 aromatic carbocycles. The zero-order valence-electron chi connectivity index (χ0n) is 11.8. The molecule has 0 atom stereocenters. The zero-order valence-corrected chi connectivity index (χ0v) is 11.8. The van der Waals surface area contributed by atoms with Gasteiger partial charge in [0.25, 0.3) is 0 Å². The van der Waals surface area contributed by atoms with Crippen LogP contribution in [-0.2, 0) is 4.74 Å². The van der Waals surface area contributed by atoms with Crippen LogP contribution >= 0.6 is 0 Å². The van der Waals surface area contributed by atoms with Crippen molar-refractivity contribution in [3.63, 3.8) is 0 Å². The van der Waals surface area contributed by atoms with Gasteiger partial charge in [-0.2, -0.15) is 0 Å². The fraction of sp³-hybridized carbons (Fsp3) is 0.667. The molecule has 1 aliphatic rings. The Morgan fingerprint density at radius 3 is 2.42 bits per heavy atom. The van der Waals surface area contributed by atoms with E-state index in [1.165, 1.54) is 7.11 Å². The van der Waals surface area contributed by atoms with Crippen LogP contribution < -0.4 is 10.6 Å². The Labute approximate surface area is 114 Å². The Hall–Kier alpha value is -1.76. The summed E-state index contributed by atoms with van der Waals surface area (Å²) in [7, 11) is 5.11. The summed E-state index contributed by atoms with van der Waals surface area (Å²) in [5.74, 6) is 0.910. The van der Waals surface area contributed by atoms with Gasteiger partial charge in [-0.05, 0) is 13.1 Å². The average Bonchev–Trinajstić information content (AvgIpc) is 2.47. The minimum atomic E-state index is -0.265. The van der Waals surface area contributed by atoms with E-state index in [-0.39, 0.29) is 6.09 Å². The Balaban J connectivity index is 2.58. The molecule has 0 bridgehead atoms. The Bertz CT molecular complexity index is 335. The average molecular weight is 269 g/mol. The monoisotopic (exact) mass is 269 g/mol. The summed E-state index contributed by atoms with van der Waals surface area (Å²) in [6.07, 6.45) is 3.43. The smallest absolute Gasteiger partial charge is 0.409 e. The summed E-state index contributed by atoms with van der Waals surface area (Å²) in [5.41, 5.74) is 0. The highest BCUT2D eigenvalue weighted by molar-refractivity contribution is 5.67. The number of likely N-dealkylation sites (N-methyl/N-ethyl adjacent to an activating group) is 1. The highest BCUT2D eigenvalue weighted by atomic mass is 16.5. The van der Waals surface area contributed by atoms with Crippen LogP contribution in [-0.4, -0.2) is 76.2 Å². The van der Waals surface area contributed by atoms with Crippen molar-refractivity contribution in [2.24, 2.45) is 4.99 Å². The number of aliphatic imine (C=N–C) groups is 1. The van der Waals surface area contributed by atoms with Gasteiger partial charge in [-0.3, -0.25) is 0 Å². The van der Waals surface area contributed by atoms with Gasteiger partial charge in [0.2, 0.25) is 0 Å². The number of nitrogens with one attached hydrogen (secondary N) is 2. The number of nitrogens with zero attached hydrogens (tertiary/aromatic N) is 3. The largest absolute Gasteiger partial charge is 0.453 e. The summed E-state index contributed by atoms with van der Waals surface area (Å²) in [4.78, 5) is 19.6. The summed E-state index contributed by atoms with van der Waals surface area (Å²) in [6.45, 7) is 3.57. The Morgan fingerprint density at radius 2 is 1.89 bits per heavy atom. The minimum Gasteiger partial charge on any atom is -0.453 e. The van der Waals surface area contributed by atoms with Gasteiger partial charge in [-0.1, -0.05) is 0 Å². The van der Waals surface area contributed by atoms with E-state index < -0.39 is 0 Å². The van der Waals surface area contributed by atoms with Crippen molar-refractivity contribution in [2.75, 3.05) is 53.9 Å². The van der Waals surface area contributed by atoms with Crippen LogP contribution in [0.4, 0.5) is 4.79 Å². The van der Waals surface area contributed by atoms with Crippen molar-refractivity contribution in [1.29, 1.82) is 0 Å². The third kappa shape index (κ3) is 4.78. The zero-order chi connectivity index (χ0) is 14.1. The highest BCUT2D eigenvalue weighted by Gasteiger charge is 2.22. The van der Waals surface area contributed by atoms with E-state index in [4.69, 9.17) is 4.74 Å². The molecule has 0 aromatic rings. The first-order valence-corrected chi connectivity index (χ1v) is 6.35. The summed E-state index contributed by atoms with van der Waals surface area (Å²) in [5, 5.41) is 5.95. The molecule has 1 fully saturated rings. The molecule has 2 N–H and O–H groups in total. The lowest BCUT2D eigenvalue weighted by Crippen LogP contribution is -2.48. The van der Waals surface area contributed by atoms with E-state index >= 15 is 0 Å². The quantitative estimate of drug-likeness (QED) is 0.529. The predicted octanol–water partition coefficient (Wildman–Crippen LogP) is -0.321. The van der Waals surface area contributed by atoms with E-state index in [2.05, 4.69) is 20.5 Å². The summed E-state index contributed by atoms with van der Waals surface area (Å²) in [6, 6.07) is 0. The van der Waals surface area contributed by atoms with E-state index in [0.717, 1.165) is 25.5 Å². The molecule has 0 spiro atoms. The van der Waals surface area contributed by atoms with Crippen LogP contribution in [0, 0.1) is 0 Å². The number of carbonyl (C=O) groups excluding carboxylic acids is 1. The fourth-order valence-corrected chi connectivity index (χ4v) is 1.83. The van der Waals surface area contributed by atoms with Crippen LogP contribution in [0.25, 0.3) is 0 Å². The van der Waals surface area contributed by atoms with Crippen LogP contribution in [0.5, 0.6) is 0 Å². The maximum absolute atomic E-state index is 11.4. The van der Waals surface area contributed by atoms with Gasteiger partial charge in [0.15, 0.2) is 0 Å².